The Morgan fingerprint density at radius 1 is 1.00 bits per heavy atom. The molecule has 1 aliphatic heterocycles. The lowest BCUT2D eigenvalue weighted by molar-refractivity contribution is -0.137. The summed E-state index contributed by atoms with van der Waals surface area (Å²) in [6.07, 6.45) is 3.24. The molecule has 7 nitrogen and oxygen atoms in total. The Morgan fingerprint density at radius 3 is 2.35 bits per heavy atom. The molecule has 3 aromatic rings. The topological polar surface area (TPSA) is 89.6 Å². The van der Waals surface area contributed by atoms with Gasteiger partial charge in [-0.25, -0.2) is 0 Å². The number of piperazine rings is 1. The molecule has 31 heavy (non-hydrogen) atoms. The van der Waals surface area contributed by atoms with E-state index < -0.39 is 5.97 Å². The summed E-state index contributed by atoms with van der Waals surface area (Å²) in [5.74, 6) is -1.26. The quantitative estimate of drug-likeness (QED) is 0.512. The number of hydrogen-bond donors (Lipinski definition) is 1. The van der Waals surface area contributed by atoms with E-state index in [4.69, 9.17) is 0 Å². The van der Waals surface area contributed by atoms with E-state index in [0.717, 1.165) is 16.6 Å². The van der Waals surface area contributed by atoms with E-state index >= 15 is 0 Å². The number of aliphatic carboxylic acids is 1. The normalized spacial score (nSPS) is 14.5. The van der Waals surface area contributed by atoms with Gasteiger partial charge in [-0.2, -0.15) is 5.26 Å². The number of para-hydroxylation sites is 2. The Hall–Kier alpha value is -4.05. The SMILES string of the molecule is N#CC(=Cc1cn(CC(=O)O)c2ccccc12)C(=O)N1CCN(c2ccccc2)CC1. The molecule has 1 amide bonds. The minimum Gasteiger partial charge on any atom is -0.480 e. The van der Waals surface area contributed by atoms with E-state index in [1.807, 2.05) is 60.7 Å². The maximum absolute atomic E-state index is 13.0. The Kier molecular flexibility index (Phi) is 5.72. The van der Waals surface area contributed by atoms with Crippen LogP contribution in [0.4, 0.5) is 5.69 Å². The van der Waals surface area contributed by atoms with Crippen LogP contribution in [-0.4, -0.2) is 52.6 Å². The van der Waals surface area contributed by atoms with Crippen molar-refractivity contribution >= 4 is 34.5 Å². The highest BCUT2D eigenvalue weighted by Gasteiger charge is 2.24. The molecular formula is C24H22N4O3. The summed E-state index contributed by atoms with van der Waals surface area (Å²) in [6, 6.07) is 19.4. The Balaban J connectivity index is 1.55. The van der Waals surface area contributed by atoms with Crippen molar-refractivity contribution in [3.05, 3.63) is 71.9 Å². The highest BCUT2D eigenvalue weighted by atomic mass is 16.4. The minimum atomic E-state index is -0.954. The molecule has 1 fully saturated rings. The van der Waals surface area contributed by atoms with E-state index in [2.05, 4.69) is 4.90 Å². The van der Waals surface area contributed by atoms with Crippen LogP contribution in [0.1, 0.15) is 5.56 Å². The second-order valence-electron chi connectivity index (χ2n) is 7.41. The van der Waals surface area contributed by atoms with E-state index in [-0.39, 0.29) is 18.0 Å². The molecule has 0 aliphatic carbocycles. The third-order valence-electron chi connectivity index (χ3n) is 5.46. The molecule has 1 aromatic heterocycles. The predicted octanol–water partition coefficient (Wildman–Crippen LogP) is 2.98. The molecule has 0 spiro atoms. The largest absolute Gasteiger partial charge is 0.480 e. The summed E-state index contributed by atoms with van der Waals surface area (Å²) in [4.78, 5) is 28.1. The number of benzene rings is 2. The van der Waals surface area contributed by atoms with Crippen LogP contribution in [0, 0.1) is 11.3 Å². The van der Waals surface area contributed by atoms with E-state index in [9.17, 15) is 20.0 Å². The van der Waals surface area contributed by atoms with Gasteiger partial charge >= 0.3 is 5.97 Å². The minimum absolute atomic E-state index is 0.0476. The molecule has 0 atom stereocenters. The number of carboxylic acid groups (broad SMARTS) is 1. The molecule has 2 heterocycles. The molecule has 0 bridgehead atoms. The lowest BCUT2D eigenvalue weighted by atomic mass is 10.1. The maximum Gasteiger partial charge on any atom is 0.323 e. The van der Waals surface area contributed by atoms with Gasteiger partial charge in [-0.05, 0) is 24.3 Å². The summed E-state index contributed by atoms with van der Waals surface area (Å²) in [7, 11) is 0. The van der Waals surface area contributed by atoms with Crippen molar-refractivity contribution in [2.45, 2.75) is 6.54 Å². The number of rotatable bonds is 5. The van der Waals surface area contributed by atoms with Gasteiger partial charge in [0.25, 0.3) is 5.91 Å². The lowest BCUT2D eigenvalue weighted by Gasteiger charge is -2.36. The standard InChI is InChI=1S/C24H22N4O3/c25-15-18(14-19-16-28(17-23(29)30)22-9-5-4-8-21(19)22)24(31)27-12-10-26(11-13-27)20-6-2-1-3-7-20/h1-9,14,16H,10-13,17H2,(H,29,30). The van der Waals surface area contributed by atoms with Crippen LogP contribution in [0.15, 0.2) is 66.4 Å². The van der Waals surface area contributed by atoms with Crippen LogP contribution in [0.5, 0.6) is 0 Å². The van der Waals surface area contributed by atoms with Crippen molar-refractivity contribution in [1.82, 2.24) is 9.47 Å². The van der Waals surface area contributed by atoms with Crippen molar-refractivity contribution in [1.29, 1.82) is 5.26 Å². The first kappa shape index (κ1) is 20.2. The number of fused-ring (bicyclic) bond motifs is 1. The zero-order valence-corrected chi connectivity index (χ0v) is 16.9. The smallest absolute Gasteiger partial charge is 0.323 e. The zero-order valence-electron chi connectivity index (χ0n) is 16.9. The van der Waals surface area contributed by atoms with E-state index in [0.29, 0.717) is 31.7 Å². The van der Waals surface area contributed by atoms with Crippen LogP contribution in [0.25, 0.3) is 17.0 Å². The van der Waals surface area contributed by atoms with E-state index in [1.165, 1.54) is 0 Å². The van der Waals surface area contributed by atoms with Gasteiger partial charge in [0.05, 0.1) is 0 Å². The third kappa shape index (κ3) is 4.28. The molecule has 4 rings (SSSR count). The summed E-state index contributed by atoms with van der Waals surface area (Å²) in [5.41, 5.74) is 2.57. The van der Waals surface area contributed by atoms with Crippen LogP contribution < -0.4 is 4.90 Å². The third-order valence-corrected chi connectivity index (χ3v) is 5.46. The Bertz CT molecular complexity index is 1180. The van der Waals surface area contributed by atoms with Crippen molar-refractivity contribution in [3.8, 4) is 6.07 Å². The monoisotopic (exact) mass is 414 g/mol. The number of nitrogens with zero attached hydrogens (tertiary/aromatic N) is 4. The number of hydrogen-bond acceptors (Lipinski definition) is 4. The number of carbonyl (C=O) groups is 2. The van der Waals surface area contributed by atoms with Crippen molar-refractivity contribution < 1.29 is 14.7 Å². The van der Waals surface area contributed by atoms with Gasteiger partial charge in [0.1, 0.15) is 18.2 Å². The number of aromatic nitrogens is 1. The Labute approximate surface area is 180 Å². The van der Waals surface area contributed by atoms with Crippen molar-refractivity contribution in [2.24, 2.45) is 0 Å². The molecule has 0 unspecified atom stereocenters. The lowest BCUT2D eigenvalue weighted by Crippen LogP contribution is -2.49. The zero-order chi connectivity index (χ0) is 21.8. The van der Waals surface area contributed by atoms with Crippen LogP contribution in [0.3, 0.4) is 0 Å². The Morgan fingerprint density at radius 2 is 1.68 bits per heavy atom. The van der Waals surface area contributed by atoms with Gasteiger partial charge in [-0.15, -0.1) is 0 Å². The fourth-order valence-corrected chi connectivity index (χ4v) is 3.94. The van der Waals surface area contributed by atoms with Gasteiger partial charge in [-0.1, -0.05) is 36.4 Å². The second kappa shape index (κ2) is 8.76. The fraction of sp³-hybridized carbons (Fsp3) is 0.208. The second-order valence-corrected chi connectivity index (χ2v) is 7.41. The van der Waals surface area contributed by atoms with Gasteiger partial charge < -0.3 is 19.5 Å². The summed E-state index contributed by atoms with van der Waals surface area (Å²) in [5, 5.41) is 19.6. The van der Waals surface area contributed by atoms with Crippen LogP contribution in [-0.2, 0) is 16.1 Å². The summed E-state index contributed by atoms with van der Waals surface area (Å²) in [6.45, 7) is 2.28. The van der Waals surface area contributed by atoms with Gasteiger partial charge in [0.15, 0.2) is 0 Å². The molecular weight excluding hydrogens is 392 g/mol. The highest BCUT2D eigenvalue weighted by molar-refractivity contribution is 6.04. The first-order chi connectivity index (χ1) is 15.1. The fourth-order valence-electron chi connectivity index (χ4n) is 3.94. The van der Waals surface area contributed by atoms with Crippen molar-refractivity contribution in [2.75, 3.05) is 31.1 Å². The molecule has 156 valence electrons. The average molecular weight is 414 g/mol. The first-order valence-electron chi connectivity index (χ1n) is 10.1. The predicted molar refractivity (Wildman–Crippen MR) is 118 cm³/mol. The summed E-state index contributed by atoms with van der Waals surface area (Å²) >= 11 is 0. The van der Waals surface area contributed by atoms with Gasteiger partial charge in [0.2, 0.25) is 0 Å². The number of amides is 1. The first-order valence-corrected chi connectivity index (χ1v) is 10.1. The number of carbonyl (C=O) groups excluding carboxylic acids is 1. The van der Waals surface area contributed by atoms with Crippen LogP contribution >= 0.6 is 0 Å². The summed E-state index contributed by atoms with van der Waals surface area (Å²) < 4.78 is 1.61. The van der Waals surface area contributed by atoms with Crippen molar-refractivity contribution in [3.63, 3.8) is 0 Å². The number of carboxylic acids is 1. The number of anilines is 1. The molecule has 7 heteroatoms. The molecule has 1 N–H and O–H groups in total. The molecule has 0 saturated carbocycles. The maximum atomic E-state index is 13.0. The van der Waals surface area contributed by atoms with Gasteiger partial charge in [0, 0.05) is 54.5 Å². The molecule has 0 radical (unpaired) electrons. The van der Waals surface area contributed by atoms with Gasteiger partial charge in [-0.3, -0.25) is 9.59 Å². The van der Waals surface area contributed by atoms with E-state index in [1.54, 1.807) is 21.7 Å². The molecule has 1 aliphatic rings. The van der Waals surface area contributed by atoms with Crippen LogP contribution in [0.2, 0.25) is 0 Å². The average Bonchev–Trinajstić information content (AvgIpc) is 3.14. The molecule has 2 aromatic carbocycles. The highest BCUT2D eigenvalue weighted by Crippen LogP contribution is 2.24. The number of nitriles is 1. The molecule has 1 saturated heterocycles.